The van der Waals surface area contributed by atoms with Crippen molar-refractivity contribution < 1.29 is 0 Å². The summed E-state index contributed by atoms with van der Waals surface area (Å²) in [6.07, 6.45) is 3.87. The van der Waals surface area contributed by atoms with Crippen LogP contribution >= 0.6 is 0 Å². The molecule has 72 valence electrons. The van der Waals surface area contributed by atoms with Crippen LogP contribution in [0.5, 0.6) is 0 Å². The quantitative estimate of drug-likeness (QED) is 0.623. The minimum atomic E-state index is 0.529. The van der Waals surface area contributed by atoms with Crippen LogP contribution in [0.4, 0.5) is 0 Å². The first-order valence-electron chi connectivity index (χ1n) is 4.97. The predicted octanol–water partition coefficient (Wildman–Crippen LogP) is 3.12. The van der Waals surface area contributed by atoms with Crippen LogP contribution in [0, 0.1) is 0 Å². The number of rotatable bonds is 5. The van der Waals surface area contributed by atoms with Crippen molar-refractivity contribution >= 4 is 0 Å². The number of hydrogen-bond acceptors (Lipinski definition) is 1. The minimum absolute atomic E-state index is 0.529. The van der Waals surface area contributed by atoms with Gasteiger partial charge in [0.1, 0.15) is 0 Å². The SMILES string of the molecule is CCCC/C(C)=C(\C)C(C)NC. The molecule has 0 radical (unpaired) electrons. The van der Waals surface area contributed by atoms with Gasteiger partial charge in [-0.1, -0.05) is 24.5 Å². The van der Waals surface area contributed by atoms with Crippen LogP contribution in [-0.4, -0.2) is 13.1 Å². The largest absolute Gasteiger partial charge is 0.314 e. The number of unbranched alkanes of at least 4 members (excludes halogenated alkanes) is 1. The average molecular weight is 169 g/mol. The van der Waals surface area contributed by atoms with Crippen LogP contribution in [0.15, 0.2) is 11.1 Å². The molecule has 0 saturated carbocycles. The molecule has 0 bridgehead atoms. The summed E-state index contributed by atoms with van der Waals surface area (Å²) < 4.78 is 0. The van der Waals surface area contributed by atoms with Gasteiger partial charge in [-0.3, -0.25) is 0 Å². The molecule has 12 heavy (non-hydrogen) atoms. The molecule has 0 heterocycles. The molecule has 0 aliphatic rings. The number of nitrogens with one attached hydrogen (secondary N) is 1. The van der Waals surface area contributed by atoms with Crippen LogP contribution in [0.2, 0.25) is 0 Å². The van der Waals surface area contributed by atoms with Gasteiger partial charge in [-0.05, 0) is 40.7 Å². The fourth-order valence-corrected chi connectivity index (χ4v) is 1.23. The fraction of sp³-hybridized carbons (Fsp3) is 0.818. The summed E-state index contributed by atoms with van der Waals surface area (Å²) in [4.78, 5) is 0. The van der Waals surface area contributed by atoms with Gasteiger partial charge < -0.3 is 5.32 Å². The van der Waals surface area contributed by atoms with E-state index >= 15 is 0 Å². The van der Waals surface area contributed by atoms with Gasteiger partial charge in [0.05, 0.1) is 0 Å². The Labute approximate surface area is 77.2 Å². The van der Waals surface area contributed by atoms with E-state index in [0.717, 1.165) is 0 Å². The van der Waals surface area contributed by atoms with Gasteiger partial charge in [0.15, 0.2) is 0 Å². The molecule has 0 rings (SSSR count). The van der Waals surface area contributed by atoms with E-state index in [-0.39, 0.29) is 0 Å². The van der Waals surface area contributed by atoms with Crippen molar-refractivity contribution in [3.05, 3.63) is 11.1 Å². The highest BCUT2D eigenvalue weighted by molar-refractivity contribution is 5.14. The lowest BCUT2D eigenvalue weighted by Gasteiger charge is -2.14. The maximum Gasteiger partial charge on any atom is 0.0247 e. The Hall–Kier alpha value is -0.300. The van der Waals surface area contributed by atoms with E-state index in [4.69, 9.17) is 0 Å². The zero-order chi connectivity index (χ0) is 9.56. The Bertz CT molecular complexity index is 147. The van der Waals surface area contributed by atoms with Gasteiger partial charge in [0, 0.05) is 6.04 Å². The Balaban J connectivity index is 4.05. The molecule has 1 heteroatoms. The second kappa shape index (κ2) is 6.24. The van der Waals surface area contributed by atoms with E-state index in [1.165, 1.54) is 24.8 Å². The molecular weight excluding hydrogens is 146 g/mol. The maximum absolute atomic E-state index is 3.26. The topological polar surface area (TPSA) is 12.0 Å². The Morgan fingerprint density at radius 3 is 2.33 bits per heavy atom. The average Bonchev–Trinajstić information content (AvgIpc) is 2.11. The van der Waals surface area contributed by atoms with E-state index in [9.17, 15) is 0 Å². The molecule has 1 nitrogen and oxygen atoms in total. The molecule has 0 amide bonds. The molecular formula is C11H23N. The van der Waals surface area contributed by atoms with Crippen molar-refractivity contribution in [2.24, 2.45) is 0 Å². The van der Waals surface area contributed by atoms with E-state index in [0.29, 0.717) is 6.04 Å². The monoisotopic (exact) mass is 169 g/mol. The molecule has 0 aliphatic heterocycles. The molecule has 0 aliphatic carbocycles. The van der Waals surface area contributed by atoms with Crippen molar-refractivity contribution in [1.82, 2.24) is 5.32 Å². The molecule has 0 spiro atoms. The van der Waals surface area contributed by atoms with Gasteiger partial charge in [-0.2, -0.15) is 0 Å². The van der Waals surface area contributed by atoms with E-state index in [1.807, 2.05) is 7.05 Å². The van der Waals surface area contributed by atoms with Gasteiger partial charge in [-0.25, -0.2) is 0 Å². The minimum Gasteiger partial charge on any atom is -0.314 e. The second-order valence-corrected chi connectivity index (χ2v) is 3.58. The first kappa shape index (κ1) is 11.7. The number of hydrogen-bond donors (Lipinski definition) is 1. The van der Waals surface area contributed by atoms with Crippen LogP contribution in [0.25, 0.3) is 0 Å². The van der Waals surface area contributed by atoms with Crippen LogP contribution in [0.3, 0.4) is 0 Å². The maximum atomic E-state index is 3.26. The van der Waals surface area contributed by atoms with Gasteiger partial charge >= 0.3 is 0 Å². The third kappa shape index (κ3) is 3.91. The lowest BCUT2D eigenvalue weighted by molar-refractivity contribution is 0.672. The summed E-state index contributed by atoms with van der Waals surface area (Å²) in [6, 6.07) is 0.529. The third-order valence-corrected chi connectivity index (χ3v) is 2.66. The van der Waals surface area contributed by atoms with Gasteiger partial charge in [-0.15, -0.1) is 0 Å². The predicted molar refractivity (Wildman–Crippen MR) is 56.4 cm³/mol. The smallest absolute Gasteiger partial charge is 0.0247 e. The van der Waals surface area contributed by atoms with E-state index in [1.54, 1.807) is 5.57 Å². The Morgan fingerprint density at radius 2 is 1.92 bits per heavy atom. The van der Waals surface area contributed by atoms with Crippen molar-refractivity contribution in [2.75, 3.05) is 7.05 Å². The molecule has 0 saturated heterocycles. The summed E-state index contributed by atoms with van der Waals surface area (Å²) in [5.74, 6) is 0. The zero-order valence-corrected chi connectivity index (χ0v) is 9.20. The number of allylic oxidation sites excluding steroid dienone is 1. The van der Waals surface area contributed by atoms with Crippen molar-refractivity contribution in [1.29, 1.82) is 0 Å². The van der Waals surface area contributed by atoms with E-state index < -0.39 is 0 Å². The highest BCUT2D eigenvalue weighted by Gasteiger charge is 2.03. The Kier molecular flexibility index (Phi) is 6.09. The lowest BCUT2D eigenvalue weighted by Crippen LogP contribution is -2.23. The molecule has 0 aromatic carbocycles. The standard InChI is InChI=1S/C11H23N/c1-6-7-8-9(2)10(3)11(4)12-5/h11-12H,6-8H2,1-5H3/b10-9+. The highest BCUT2D eigenvalue weighted by Crippen LogP contribution is 2.14. The molecule has 1 atom stereocenters. The second-order valence-electron chi connectivity index (χ2n) is 3.58. The fourth-order valence-electron chi connectivity index (χ4n) is 1.23. The molecule has 0 fully saturated rings. The molecule has 1 unspecified atom stereocenters. The highest BCUT2D eigenvalue weighted by atomic mass is 14.9. The van der Waals surface area contributed by atoms with Crippen LogP contribution in [-0.2, 0) is 0 Å². The van der Waals surface area contributed by atoms with Gasteiger partial charge in [0.2, 0.25) is 0 Å². The summed E-state index contributed by atoms with van der Waals surface area (Å²) in [7, 11) is 2.02. The summed E-state index contributed by atoms with van der Waals surface area (Å²) in [5.41, 5.74) is 3.06. The molecule has 1 N–H and O–H groups in total. The Morgan fingerprint density at radius 1 is 1.33 bits per heavy atom. The normalized spacial score (nSPS) is 15.8. The molecule has 0 aromatic heterocycles. The van der Waals surface area contributed by atoms with Crippen molar-refractivity contribution in [3.63, 3.8) is 0 Å². The third-order valence-electron chi connectivity index (χ3n) is 2.66. The molecule has 0 aromatic rings. The lowest BCUT2D eigenvalue weighted by atomic mass is 10.0. The summed E-state index contributed by atoms with van der Waals surface area (Å²) >= 11 is 0. The zero-order valence-electron chi connectivity index (χ0n) is 9.20. The first-order chi connectivity index (χ1) is 5.63. The van der Waals surface area contributed by atoms with E-state index in [2.05, 4.69) is 33.0 Å². The van der Waals surface area contributed by atoms with Crippen molar-refractivity contribution in [3.8, 4) is 0 Å². The van der Waals surface area contributed by atoms with Crippen LogP contribution in [0.1, 0.15) is 47.0 Å². The first-order valence-corrected chi connectivity index (χ1v) is 4.97. The summed E-state index contributed by atoms with van der Waals surface area (Å²) in [6.45, 7) is 8.93. The summed E-state index contributed by atoms with van der Waals surface area (Å²) in [5, 5.41) is 3.26. The van der Waals surface area contributed by atoms with Crippen molar-refractivity contribution in [2.45, 2.75) is 53.0 Å². The van der Waals surface area contributed by atoms with Gasteiger partial charge in [0.25, 0.3) is 0 Å². The van der Waals surface area contributed by atoms with Crippen LogP contribution < -0.4 is 5.32 Å². The number of likely N-dealkylation sites (N-methyl/N-ethyl adjacent to an activating group) is 1.